The van der Waals surface area contributed by atoms with E-state index < -0.39 is 0 Å². The first kappa shape index (κ1) is 13.8. The van der Waals surface area contributed by atoms with Crippen molar-refractivity contribution in [1.82, 2.24) is 5.32 Å². The topological polar surface area (TPSA) is 43.6 Å². The van der Waals surface area contributed by atoms with Crippen molar-refractivity contribution in [2.24, 2.45) is 0 Å². The first-order chi connectivity index (χ1) is 9.22. The zero-order chi connectivity index (χ0) is 13.7. The Morgan fingerprint density at radius 1 is 1.11 bits per heavy atom. The molecular weight excluding hydrogens is 266 g/mol. The summed E-state index contributed by atoms with van der Waals surface area (Å²) in [5.41, 5.74) is 1.06. The molecule has 19 heavy (non-hydrogen) atoms. The SMILES string of the molecule is COc1ccc(CNCc2ccc(Cl)o2)c(OC)c1. The molecule has 2 aromatic rings. The molecule has 1 heterocycles. The van der Waals surface area contributed by atoms with E-state index in [1.165, 1.54) is 0 Å². The summed E-state index contributed by atoms with van der Waals surface area (Å²) in [5.74, 6) is 2.38. The Hall–Kier alpha value is -1.65. The molecule has 0 unspecified atom stereocenters. The highest BCUT2D eigenvalue weighted by Gasteiger charge is 2.05. The van der Waals surface area contributed by atoms with Gasteiger partial charge in [-0.25, -0.2) is 0 Å². The lowest BCUT2D eigenvalue weighted by molar-refractivity contribution is 0.389. The lowest BCUT2D eigenvalue weighted by Gasteiger charge is -2.10. The van der Waals surface area contributed by atoms with Crippen molar-refractivity contribution in [3.8, 4) is 11.5 Å². The highest BCUT2D eigenvalue weighted by atomic mass is 35.5. The van der Waals surface area contributed by atoms with E-state index in [-0.39, 0.29) is 0 Å². The second-order valence-corrected chi connectivity index (χ2v) is 4.36. The first-order valence-electron chi connectivity index (χ1n) is 5.88. The predicted octanol–water partition coefficient (Wildman–Crippen LogP) is 3.24. The van der Waals surface area contributed by atoms with Crippen molar-refractivity contribution in [2.75, 3.05) is 14.2 Å². The van der Waals surface area contributed by atoms with E-state index in [4.69, 9.17) is 25.5 Å². The average Bonchev–Trinajstić information content (AvgIpc) is 2.84. The summed E-state index contributed by atoms with van der Waals surface area (Å²) >= 11 is 5.71. The van der Waals surface area contributed by atoms with Crippen molar-refractivity contribution < 1.29 is 13.9 Å². The largest absolute Gasteiger partial charge is 0.497 e. The number of hydrogen-bond acceptors (Lipinski definition) is 4. The van der Waals surface area contributed by atoms with Crippen LogP contribution in [0.25, 0.3) is 0 Å². The van der Waals surface area contributed by atoms with E-state index in [9.17, 15) is 0 Å². The van der Waals surface area contributed by atoms with Crippen molar-refractivity contribution >= 4 is 11.6 Å². The molecule has 0 bridgehead atoms. The third-order valence-electron chi connectivity index (χ3n) is 2.74. The van der Waals surface area contributed by atoms with Crippen molar-refractivity contribution in [3.05, 3.63) is 46.9 Å². The van der Waals surface area contributed by atoms with Crippen LogP contribution in [-0.4, -0.2) is 14.2 Å². The van der Waals surface area contributed by atoms with E-state index >= 15 is 0 Å². The molecule has 0 radical (unpaired) electrons. The maximum atomic E-state index is 5.71. The smallest absolute Gasteiger partial charge is 0.193 e. The molecule has 102 valence electrons. The van der Waals surface area contributed by atoms with Gasteiger partial charge in [-0.15, -0.1) is 0 Å². The fraction of sp³-hybridized carbons (Fsp3) is 0.286. The molecule has 5 heteroatoms. The second-order valence-electron chi connectivity index (χ2n) is 3.99. The Morgan fingerprint density at radius 3 is 2.58 bits per heavy atom. The summed E-state index contributed by atoms with van der Waals surface area (Å²) in [7, 11) is 3.28. The van der Waals surface area contributed by atoms with Crippen LogP contribution in [0.4, 0.5) is 0 Å². The molecule has 0 aliphatic heterocycles. The van der Waals surface area contributed by atoms with Crippen LogP contribution >= 0.6 is 11.6 Å². The van der Waals surface area contributed by atoms with Gasteiger partial charge >= 0.3 is 0 Å². The highest BCUT2D eigenvalue weighted by molar-refractivity contribution is 6.28. The third kappa shape index (κ3) is 3.66. The first-order valence-corrected chi connectivity index (χ1v) is 6.26. The predicted molar refractivity (Wildman–Crippen MR) is 73.8 cm³/mol. The third-order valence-corrected chi connectivity index (χ3v) is 2.94. The number of benzene rings is 1. The number of nitrogens with one attached hydrogen (secondary N) is 1. The van der Waals surface area contributed by atoms with Gasteiger partial charge in [0.25, 0.3) is 0 Å². The zero-order valence-corrected chi connectivity index (χ0v) is 11.7. The minimum absolute atomic E-state index is 0.402. The molecule has 0 atom stereocenters. The number of hydrogen-bond donors (Lipinski definition) is 1. The van der Waals surface area contributed by atoms with Gasteiger partial charge < -0.3 is 19.2 Å². The molecular formula is C14H16ClNO3. The molecule has 4 nitrogen and oxygen atoms in total. The van der Waals surface area contributed by atoms with E-state index in [1.807, 2.05) is 24.3 Å². The Balaban J connectivity index is 1.95. The number of ether oxygens (including phenoxy) is 2. The monoisotopic (exact) mass is 281 g/mol. The average molecular weight is 282 g/mol. The standard InChI is InChI=1S/C14H16ClNO3/c1-17-11-4-3-10(13(7-11)18-2)8-16-9-12-5-6-14(15)19-12/h3-7,16H,8-9H2,1-2H3. The van der Waals surface area contributed by atoms with Crippen LogP contribution in [-0.2, 0) is 13.1 Å². The van der Waals surface area contributed by atoms with Crippen LogP contribution in [0.1, 0.15) is 11.3 Å². The normalized spacial score (nSPS) is 10.5. The van der Waals surface area contributed by atoms with Gasteiger partial charge in [0.15, 0.2) is 5.22 Å². The minimum Gasteiger partial charge on any atom is -0.497 e. The molecule has 1 N–H and O–H groups in total. The highest BCUT2D eigenvalue weighted by Crippen LogP contribution is 2.24. The Labute approximate surface area is 117 Å². The van der Waals surface area contributed by atoms with Gasteiger partial charge in [-0.05, 0) is 29.8 Å². The molecule has 0 saturated heterocycles. The van der Waals surface area contributed by atoms with E-state index in [1.54, 1.807) is 20.3 Å². The van der Waals surface area contributed by atoms with Crippen LogP contribution in [0.5, 0.6) is 11.5 Å². The van der Waals surface area contributed by atoms with Gasteiger partial charge in [0.1, 0.15) is 17.3 Å². The van der Waals surface area contributed by atoms with Gasteiger partial charge in [-0.2, -0.15) is 0 Å². The van der Waals surface area contributed by atoms with Crippen LogP contribution < -0.4 is 14.8 Å². The molecule has 0 fully saturated rings. The maximum absolute atomic E-state index is 5.71. The molecule has 0 amide bonds. The Bertz CT molecular complexity index is 539. The molecule has 1 aromatic carbocycles. The molecule has 1 aromatic heterocycles. The van der Waals surface area contributed by atoms with E-state index in [0.717, 1.165) is 22.8 Å². The fourth-order valence-electron chi connectivity index (χ4n) is 1.77. The molecule has 0 aliphatic carbocycles. The van der Waals surface area contributed by atoms with Crippen molar-refractivity contribution in [1.29, 1.82) is 0 Å². The van der Waals surface area contributed by atoms with Crippen LogP contribution in [0.2, 0.25) is 5.22 Å². The number of rotatable bonds is 6. The van der Waals surface area contributed by atoms with E-state index in [0.29, 0.717) is 18.3 Å². The van der Waals surface area contributed by atoms with Gasteiger partial charge in [0, 0.05) is 18.2 Å². The number of methoxy groups -OCH3 is 2. The van der Waals surface area contributed by atoms with Gasteiger partial charge in [-0.1, -0.05) is 6.07 Å². The Kier molecular flexibility index (Phi) is 4.71. The van der Waals surface area contributed by atoms with Gasteiger partial charge in [0.2, 0.25) is 0 Å². The fourth-order valence-corrected chi connectivity index (χ4v) is 1.93. The number of halogens is 1. The van der Waals surface area contributed by atoms with Gasteiger partial charge in [-0.3, -0.25) is 0 Å². The Morgan fingerprint density at radius 2 is 1.95 bits per heavy atom. The van der Waals surface area contributed by atoms with Crippen LogP contribution in [0.15, 0.2) is 34.7 Å². The lowest BCUT2D eigenvalue weighted by Crippen LogP contribution is -2.12. The zero-order valence-electron chi connectivity index (χ0n) is 10.9. The summed E-state index contributed by atoms with van der Waals surface area (Å²) in [4.78, 5) is 0. The molecule has 0 spiro atoms. The van der Waals surface area contributed by atoms with Crippen molar-refractivity contribution in [2.45, 2.75) is 13.1 Å². The summed E-state index contributed by atoms with van der Waals surface area (Å²) in [5, 5.41) is 3.67. The van der Waals surface area contributed by atoms with Crippen LogP contribution in [0.3, 0.4) is 0 Å². The summed E-state index contributed by atoms with van der Waals surface area (Å²) in [6.45, 7) is 1.29. The van der Waals surface area contributed by atoms with Gasteiger partial charge in [0.05, 0.1) is 20.8 Å². The van der Waals surface area contributed by atoms with E-state index in [2.05, 4.69) is 5.32 Å². The molecule has 2 rings (SSSR count). The summed E-state index contributed by atoms with van der Waals surface area (Å²) < 4.78 is 15.8. The second kappa shape index (κ2) is 6.50. The number of furan rings is 1. The van der Waals surface area contributed by atoms with Crippen LogP contribution in [0, 0.1) is 0 Å². The lowest BCUT2D eigenvalue weighted by atomic mass is 10.2. The maximum Gasteiger partial charge on any atom is 0.193 e. The summed E-state index contributed by atoms with van der Waals surface area (Å²) in [6, 6.07) is 9.32. The molecule has 0 saturated carbocycles. The molecule has 0 aliphatic rings. The minimum atomic E-state index is 0.402. The quantitative estimate of drug-likeness (QED) is 0.883. The van der Waals surface area contributed by atoms with Crippen molar-refractivity contribution in [3.63, 3.8) is 0 Å². The summed E-state index contributed by atoms with van der Waals surface area (Å²) in [6.07, 6.45) is 0.